The molecule has 0 aliphatic carbocycles. The second-order valence-corrected chi connectivity index (χ2v) is 3.66. The first-order chi connectivity index (χ1) is 6.53. The summed E-state index contributed by atoms with van der Waals surface area (Å²) in [4.78, 5) is 3.97. The molecule has 1 rings (SSSR count). The molecule has 0 bridgehead atoms. The number of ether oxygens (including phenoxy) is 1. The molecular formula is C9H13ClN2O2. The van der Waals surface area contributed by atoms with E-state index in [1.54, 1.807) is 13.0 Å². The molecular weight excluding hydrogens is 204 g/mol. The van der Waals surface area contributed by atoms with Crippen LogP contribution in [0.5, 0.6) is 5.88 Å². The third-order valence-electron chi connectivity index (χ3n) is 1.96. The molecule has 5 heteroatoms. The summed E-state index contributed by atoms with van der Waals surface area (Å²) < 4.78 is 5.03. The minimum atomic E-state index is -0.948. The van der Waals surface area contributed by atoms with Crippen LogP contribution in [0.25, 0.3) is 0 Å². The Morgan fingerprint density at radius 2 is 2.36 bits per heavy atom. The molecule has 0 aliphatic rings. The Labute approximate surface area is 87.7 Å². The van der Waals surface area contributed by atoms with Gasteiger partial charge in [0.2, 0.25) is 5.88 Å². The standard InChI is InChI=1S/C9H13ClN2O2/c1-9(11,5-13)7-6(10)3-4-12-8(7)14-2/h3-4,13H,5,11H2,1-2H3. The van der Waals surface area contributed by atoms with E-state index in [2.05, 4.69) is 4.98 Å². The van der Waals surface area contributed by atoms with Crippen LogP contribution in [0.3, 0.4) is 0 Å². The first-order valence-corrected chi connectivity index (χ1v) is 4.49. The Morgan fingerprint density at radius 3 is 2.86 bits per heavy atom. The van der Waals surface area contributed by atoms with Crippen molar-refractivity contribution in [3.05, 3.63) is 22.8 Å². The molecule has 0 radical (unpaired) electrons. The third-order valence-corrected chi connectivity index (χ3v) is 2.27. The Hall–Kier alpha value is -0.840. The average molecular weight is 217 g/mol. The van der Waals surface area contributed by atoms with Crippen molar-refractivity contribution < 1.29 is 9.84 Å². The molecule has 3 N–H and O–H groups in total. The van der Waals surface area contributed by atoms with E-state index in [-0.39, 0.29) is 6.61 Å². The number of aliphatic hydroxyl groups excluding tert-OH is 1. The Bertz CT molecular complexity index is 329. The SMILES string of the molecule is COc1nccc(Cl)c1C(C)(N)CO. The monoisotopic (exact) mass is 216 g/mol. The van der Waals surface area contributed by atoms with Crippen LogP contribution in [0, 0.1) is 0 Å². The van der Waals surface area contributed by atoms with E-state index in [4.69, 9.17) is 27.2 Å². The minimum Gasteiger partial charge on any atom is -0.481 e. The van der Waals surface area contributed by atoms with E-state index >= 15 is 0 Å². The largest absolute Gasteiger partial charge is 0.481 e. The van der Waals surface area contributed by atoms with Gasteiger partial charge in [0.1, 0.15) is 0 Å². The van der Waals surface area contributed by atoms with Crippen LogP contribution >= 0.6 is 11.6 Å². The Morgan fingerprint density at radius 1 is 1.71 bits per heavy atom. The van der Waals surface area contributed by atoms with Gasteiger partial charge in [-0.15, -0.1) is 0 Å². The van der Waals surface area contributed by atoms with Crippen molar-refractivity contribution in [2.24, 2.45) is 5.73 Å². The van der Waals surface area contributed by atoms with Gasteiger partial charge in [0.15, 0.2) is 0 Å². The van der Waals surface area contributed by atoms with Gasteiger partial charge in [0.25, 0.3) is 0 Å². The van der Waals surface area contributed by atoms with Crippen LogP contribution in [-0.2, 0) is 5.54 Å². The van der Waals surface area contributed by atoms with Gasteiger partial charge in [0.05, 0.1) is 29.8 Å². The van der Waals surface area contributed by atoms with E-state index in [0.29, 0.717) is 16.5 Å². The van der Waals surface area contributed by atoms with Gasteiger partial charge < -0.3 is 15.6 Å². The maximum absolute atomic E-state index is 9.12. The molecule has 0 saturated heterocycles. The van der Waals surface area contributed by atoms with E-state index in [1.807, 2.05) is 0 Å². The highest BCUT2D eigenvalue weighted by molar-refractivity contribution is 6.31. The van der Waals surface area contributed by atoms with Crippen molar-refractivity contribution in [1.29, 1.82) is 0 Å². The van der Waals surface area contributed by atoms with Gasteiger partial charge >= 0.3 is 0 Å². The molecule has 1 atom stereocenters. The smallest absolute Gasteiger partial charge is 0.219 e. The lowest BCUT2D eigenvalue weighted by Crippen LogP contribution is -2.37. The molecule has 1 aromatic rings. The normalized spacial score (nSPS) is 14.9. The molecule has 14 heavy (non-hydrogen) atoms. The first kappa shape index (κ1) is 11.2. The highest BCUT2D eigenvalue weighted by Crippen LogP contribution is 2.32. The number of aliphatic hydroxyl groups is 1. The molecule has 0 spiro atoms. The predicted molar refractivity (Wildman–Crippen MR) is 54.4 cm³/mol. The molecule has 0 amide bonds. The van der Waals surface area contributed by atoms with E-state index in [1.165, 1.54) is 13.3 Å². The second-order valence-electron chi connectivity index (χ2n) is 3.25. The summed E-state index contributed by atoms with van der Waals surface area (Å²) in [5.74, 6) is 0.344. The van der Waals surface area contributed by atoms with Gasteiger partial charge in [-0.05, 0) is 13.0 Å². The molecule has 4 nitrogen and oxygen atoms in total. The predicted octanol–water partition coefficient (Wildman–Crippen LogP) is 0.910. The molecule has 1 unspecified atom stereocenters. The highest BCUT2D eigenvalue weighted by Gasteiger charge is 2.27. The fraction of sp³-hybridized carbons (Fsp3) is 0.444. The van der Waals surface area contributed by atoms with Crippen molar-refractivity contribution in [2.45, 2.75) is 12.5 Å². The number of aromatic nitrogens is 1. The lowest BCUT2D eigenvalue weighted by molar-refractivity contribution is 0.205. The summed E-state index contributed by atoms with van der Waals surface area (Å²) in [7, 11) is 1.48. The quantitative estimate of drug-likeness (QED) is 0.788. The maximum atomic E-state index is 9.12. The Balaban J connectivity index is 3.30. The molecule has 0 aliphatic heterocycles. The summed E-state index contributed by atoms with van der Waals surface area (Å²) in [5, 5.41) is 9.57. The van der Waals surface area contributed by atoms with Crippen molar-refractivity contribution >= 4 is 11.6 Å². The maximum Gasteiger partial charge on any atom is 0.219 e. The molecule has 1 heterocycles. The van der Waals surface area contributed by atoms with Crippen LogP contribution in [0.1, 0.15) is 12.5 Å². The number of hydrogen-bond donors (Lipinski definition) is 2. The van der Waals surface area contributed by atoms with Gasteiger partial charge in [0, 0.05) is 6.20 Å². The molecule has 1 aromatic heterocycles. The number of rotatable bonds is 3. The van der Waals surface area contributed by atoms with Crippen LogP contribution in [0.2, 0.25) is 5.02 Å². The zero-order chi connectivity index (χ0) is 10.8. The number of hydrogen-bond acceptors (Lipinski definition) is 4. The van der Waals surface area contributed by atoms with Gasteiger partial charge in [-0.2, -0.15) is 0 Å². The number of methoxy groups -OCH3 is 1. The van der Waals surface area contributed by atoms with Crippen LogP contribution in [-0.4, -0.2) is 23.8 Å². The van der Waals surface area contributed by atoms with E-state index < -0.39 is 5.54 Å². The van der Waals surface area contributed by atoms with Gasteiger partial charge in [-0.1, -0.05) is 11.6 Å². The topological polar surface area (TPSA) is 68.4 Å². The van der Waals surface area contributed by atoms with Crippen molar-refractivity contribution in [3.63, 3.8) is 0 Å². The van der Waals surface area contributed by atoms with Crippen LogP contribution in [0.15, 0.2) is 12.3 Å². The second kappa shape index (κ2) is 4.13. The van der Waals surface area contributed by atoms with Gasteiger partial charge in [-0.3, -0.25) is 0 Å². The van der Waals surface area contributed by atoms with Crippen molar-refractivity contribution in [3.8, 4) is 5.88 Å². The number of nitrogens with two attached hydrogens (primary N) is 1. The molecule has 0 aromatic carbocycles. The zero-order valence-electron chi connectivity index (χ0n) is 8.12. The Kier molecular flexibility index (Phi) is 3.31. The fourth-order valence-corrected chi connectivity index (χ4v) is 1.52. The fourth-order valence-electron chi connectivity index (χ4n) is 1.17. The summed E-state index contributed by atoms with van der Waals surface area (Å²) in [6.07, 6.45) is 1.53. The zero-order valence-corrected chi connectivity index (χ0v) is 8.88. The number of halogens is 1. The van der Waals surface area contributed by atoms with Crippen LogP contribution < -0.4 is 10.5 Å². The van der Waals surface area contributed by atoms with Gasteiger partial charge in [-0.25, -0.2) is 4.98 Å². The summed E-state index contributed by atoms with van der Waals surface area (Å²) in [6.45, 7) is 1.44. The minimum absolute atomic E-state index is 0.227. The average Bonchev–Trinajstić information content (AvgIpc) is 2.17. The van der Waals surface area contributed by atoms with Crippen molar-refractivity contribution in [1.82, 2.24) is 4.98 Å². The lowest BCUT2D eigenvalue weighted by atomic mass is 9.95. The summed E-state index contributed by atoms with van der Waals surface area (Å²) >= 11 is 5.96. The molecule has 78 valence electrons. The number of nitrogens with zero attached hydrogens (tertiary/aromatic N) is 1. The van der Waals surface area contributed by atoms with Crippen molar-refractivity contribution in [2.75, 3.05) is 13.7 Å². The first-order valence-electron chi connectivity index (χ1n) is 4.11. The number of pyridine rings is 1. The van der Waals surface area contributed by atoms with E-state index in [9.17, 15) is 0 Å². The van der Waals surface area contributed by atoms with E-state index in [0.717, 1.165) is 0 Å². The molecule has 0 fully saturated rings. The third kappa shape index (κ3) is 1.97. The highest BCUT2D eigenvalue weighted by atomic mass is 35.5. The van der Waals surface area contributed by atoms with Crippen LogP contribution in [0.4, 0.5) is 0 Å². The molecule has 0 saturated carbocycles. The summed E-state index contributed by atoms with van der Waals surface area (Å²) in [5.41, 5.74) is 5.43. The summed E-state index contributed by atoms with van der Waals surface area (Å²) in [6, 6.07) is 1.61. The lowest BCUT2D eigenvalue weighted by Gasteiger charge is -2.24.